The highest BCUT2D eigenvalue weighted by molar-refractivity contribution is 5.84. The Labute approximate surface area is 104 Å². The number of hydrogen-bond donors (Lipinski definition) is 1. The van der Waals surface area contributed by atoms with Gasteiger partial charge in [-0.2, -0.15) is 0 Å². The molecule has 0 bridgehead atoms. The van der Waals surface area contributed by atoms with Crippen molar-refractivity contribution < 1.29 is 0 Å². The van der Waals surface area contributed by atoms with Crippen LogP contribution in [0.3, 0.4) is 0 Å². The number of rotatable bonds is 5. The van der Waals surface area contributed by atoms with Crippen molar-refractivity contribution in [2.45, 2.75) is 33.2 Å². The van der Waals surface area contributed by atoms with Crippen LogP contribution in [-0.2, 0) is 13.0 Å². The van der Waals surface area contributed by atoms with E-state index in [1.165, 1.54) is 28.6 Å². The Kier molecular flexibility index (Phi) is 3.85. The van der Waals surface area contributed by atoms with Gasteiger partial charge in [0.2, 0.25) is 0 Å². The molecule has 0 radical (unpaired) electrons. The topological polar surface area (TPSA) is 17.0 Å². The molecule has 17 heavy (non-hydrogen) atoms. The Hall–Kier alpha value is -1.28. The van der Waals surface area contributed by atoms with E-state index in [0.717, 1.165) is 19.5 Å². The predicted octanol–water partition coefficient (Wildman–Crippen LogP) is 3.12. The molecule has 0 aliphatic rings. The van der Waals surface area contributed by atoms with Gasteiger partial charge in [-0.3, -0.25) is 0 Å². The molecular formula is C15H22N2. The summed E-state index contributed by atoms with van der Waals surface area (Å²) in [5, 5.41) is 4.59. The standard InChI is InChI=1S/C15H22N2/c1-4-17-12(2)11-14-8-5-7-13(15(14)17)9-6-10-16-3/h5,7-8,11,16H,4,6,9-10H2,1-3H3. The Bertz CT molecular complexity index is 497. The molecule has 0 saturated carbocycles. The first kappa shape index (κ1) is 12.2. The van der Waals surface area contributed by atoms with E-state index < -0.39 is 0 Å². The number of para-hydroxylation sites is 1. The van der Waals surface area contributed by atoms with Crippen LogP contribution in [0.1, 0.15) is 24.6 Å². The van der Waals surface area contributed by atoms with Crippen LogP contribution in [0.25, 0.3) is 10.9 Å². The first-order valence-corrected chi connectivity index (χ1v) is 6.50. The molecule has 92 valence electrons. The van der Waals surface area contributed by atoms with Gasteiger partial charge in [-0.15, -0.1) is 0 Å². The van der Waals surface area contributed by atoms with Gasteiger partial charge in [-0.1, -0.05) is 18.2 Å². The zero-order chi connectivity index (χ0) is 12.3. The zero-order valence-electron chi connectivity index (χ0n) is 11.1. The molecule has 2 rings (SSSR count). The Morgan fingerprint density at radius 2 is 2.12 bits per heavy atom. The number of nitrogens with one attached hydrogen (secondary N) is 1. The summed E-state index contributed by atoms with van der Waals surface area (Å²) in [6.45, 7) is 6.55. The van der Waals surface area contributed by atoms with Gasteiger partial charge in [0.1, 0.15) is 0 Å². The van der Waals surface area contributed by atoms with Gasteiger partial charge in [0.25, 0.3) is 0 Å². The molecule has 1 heterocycles. The summed E-state index contributed by atoms with van der Waals surface area (Å²) < 4.78 is 2.42. The van der Waals surface area contributed by atoms with Crippen LogP contribution in [0, 0.1) is 6.92 Å². The van der Waals surface area contributed by atoms with Gasteiger partial charge in [0.05, 0.1) is 5.52 Å². The lowest BCUT2D eigenvalue weighted by molar-refractivity contribution is 0.719. The highest BCUT2D eigenvalue weighted by Crippen LogP contribution is 2.24. The molecule has 0 atom stereocenters. The molecule has 1 aromatic heterocycles. The first-order chi connectivity index (χ1) is 8.27. The maximum absolute atomic E-state index is 3.21. The van der Waals surface area contributed by atoms with E-state index in [1.807, 2.05) is 7.05 Å². The fourth-order valence-corrected chi connectivity index (χ4v) is 2.60. The third-order valence-electron chi connectivity index (χ3n) is 3.40. The minimum absolute atomic E-state index is 1.05. The SMILES string of the molecule is CCn1c(C)cc2cccc(CCCNC)c21. The monoisotopic (exact) mass is 230 g/mol. The van der Waals surface area contributed by atoms with Gasteiger partial charge in [-0.25, -0.2) is 0 Å². The van der Waals surface area contributed by atoms with E-state index in [2.05, 4.69) is 48.0 Å². The summed E-state index contributed by atoms with van der Waals surface area (Å²) in [6.07, 6.45) is 2.35. The number of nitrogens with zero attached hydrogens (tertiary/aromatic N) is 1. The van der Waals surface area contributed by atoms with Crippen LogP contribution in [0.2, 0.25) is 0 Å². The van der Waals surface area contributed by atoms with Crippen LogP contribution < -0.4 is 5.32 Å². The van der Waals surface area contributed by atoms with Crippen molar-refractivity contribution in [2.24, 2.45) is 0 Å². The lowest BCUT2D eigenvalue weighted by Crippen LogP contribution is -2.09. The molecular weight excluding hydrogens is 208 g/mol. The second kappa shape index (κ2) is 5.37. The summed E-state index contributed by atoms with van der Waals surface area (Å²) >= 11 is 0. The molecule has 1 aromatic carbocycles. The third kappa shape index (κ3) is 2.37. The van der Waals surface area contributed by atoms with E-state index in [4.69, 9.17) is 0 Å². The van der Waals surface area contributed by atoms with Crippen LogP contribution in [0.15, 0.2) is 24.3 Å². The van der Waals surface area contributed by atoms with Gasteiger partial charge >= 0.3 is 0 Å². The molecule has 0 amide bonds. The second-order valence-electron chi connectivity index (χ2n) is 4.59. The average Bonchev–Trinajstić information content (AvgIpc) is 2.65. The largest absolute Gasteiger partial charge is 0.345 e. The predicted molar refractivity (Wildman–Crippen MR) is 74.6 cm³/mol. The van der Waals surface area contributed by atoms with Crippen molar-refractivity contribution >= 4 is 10.9 Å². The highest BCUT2D eigenvalue weighted by atomic mass is 15.0. The number of aryl methyl sites for hydroxylation is 3. The van der Waals surface area contributed by atoms with Gasteiger partial charge in [0, 0.05) is 17.6 Å². The van der Waals surface area contributed by atoms with E-state index >= 15 is 0 Å². The quantitative estimate of drug-likeness (QED) is 0.781. The highest BCUT2D eigenvalue weighted by Gasteiger charge is 2.08. The normalized spacial score (nSPS) is 11.2. The van der Waals surface area contributed by atoms with Crippen LogP contribution in [-0.4, -0.2) is 18.2 Å². The second-order valence-corrected chi connectivity index (χ2v) is 4.59. The number of benzene rings is 1. The Balaban J connectivity index is 2.40. The van der Waals surface area contributed by atoms with Gasteiger partial charge < -0.3 is 9.88 Å². The minimum Gasteiger partial charge on any atom is -0.345 e. The maximum Gasteiger partial charge on any atom is 0.0514 e. The Morgan fingerprint density at radius 1 is 1.29 bits per heavy atom. The van der Waals surface area contributed by atoms with Gasteiger partial charge in [0.15, 0.2) is 0 Å². The molecule has 0 aliphatic carbocycles. The molecule has 0 fully saturated rings. The number of aromatic nitrogens is 1. The van der Waals surface area contributed by atoms with Crippen molar-refractivity contribution in [1.82, 2.24) is 9.88 Å². The van der Waals surface area contributed by atoms with Crippen LogP contribution in [0.5, 0.6) is 0 Å². The van der Waals surface area contributed by atoms with E-state index in [0.29, 0.717) is 0 Å². The maximum atomic E-state index is 3.21. The number of hydrogen-bond acceptors (Lipinski definition) is 1. The minimum atomic E-state index is 1.05. The smallest absolute Gasteiger partial charge is 0.0514 e. The molecule has 0 spiro atoms. The molecule has 0 aliphatic heterocycles. The summed E-state index contributed by atoms with van der Waals surface area (Å²) in [5.74, 6) is 0. The molecule has 2 heteroatoms. The Morgan fingerprint density at radius 3 is 2.82 bits per heavy atom. The van der Waals surface area contributed by atoms with Gasteiger partial charge in [-0.05, 0) is 51.9 Å². The molecule has 1 N–H and O–H groups in total. The summed E-state index contributed by atoms with van der Waals surface area (Å²) in [4.78, 5) is 0. The fourth-order valence-electron chi connectivity index (χ4n) is 2.60. The molecule has 2 aromatic rings. The lowest BCUT2D eigenvalue weighted by atomic mass is 10.1. The summed E-state index contributed by atoms with van der Waals surface area (Å²) in [7, 11) is 2.01. The van der Waals surface area contributed by atoms with Crippen LogP contribution >= 0.6 is 0 Å². The van der Waals surface area contributed by atoms with Crippen molar-refractivity contribution in [1.29, 1.82) is 0 Å². The zero-order valence-corrected chi connectivity index (χ0v) is 11.1. The summed E-state index contributed by atoms with van der Waals surface area (Å²) in [6, 6.07) is 8.95. The lowest BCUT2D eigenvalue weighted by Gasteiger charge is -2.09. The molecule has 2 nitrogen and oxygen atoms in total. The molecule has 0 saturated heterocycles. The van der Waals surface area contributed by atoms with Crippen LogP contribution in [0.4, 0.5) is 0 Å². The third-order valence-corrected chi connectivity index (χ3v) is 3.40. The van der Waals surface area contributed by atoms with Crippen molar-refractivity contribution in [3.8, 4) is 0 Å². The number of fused-ring (bicyclic) bond motifs is 1. The fraction of sp³-hybridized carbons (Fsp3) is 0.467. The van der Waals surface area contributed by atoms with E-state index in [-0.39, 0.29) is 0 Å². The summed E-state index contributed by atoms with van der Waals surface area (Å²) in [5.41, 5.74) is 4.28. The average molecular weight is 230 g/mol. The van der Waals surface area contributed by atoms with E-state index in [9.17, 15) is 0 Å². The first-order valence-electron chi connectivity index (χ1n) is 6.50. The van der Waals surface area contributed by atoms with Crippen molar-refractivity contribution in [3.63, 3.8) is 0 Å². The van der Waals surface area contributed by atoms with E-state index in [1.54, 1.807) is 0 Å². The molecule has 0 unspecified atom stereocenters. The van der Waals surface area contributed by atoms with Crippen molar-refractivity contribution in [2.75, 3.05) is 13.6 Å². The van der Waals surface area contributed by atoms with Crippen molar-refractivity contribution in [3.05, 3.63) is 35.5 Å².